The van der Waals surface area contributed by atoms with Crippen molar-refractivity contribution in [2.75, 3.05) is 11.4 Å². The lowest BCUT2D eigenvalue weighted by molar-refractivity contribution is -0.117. The highest BCUT2D eigenvalue weighted by Crippen LogP contribution is 2.25. The SMILES string of the molecule is O=C1CC(S)CN1c1ccc(-n2cc(Br)cn2)cc1. The number of halogens is 1. The van der Waals surface area contributed by atoms with Gasteiger partial charge >= 0.3 is 0 Å². The number of hydrogen-bond acceptors (Lipinski definition) is 3. The van der Waals surface area contributed by atoms with E-state index in [1.165, 1.54) is 0 Å². The fourth-order valence-electron chi connectivity index (χ4n) is 2.17. The topological polar surface area (TPSA) is 38.1 Å². The third kappa shape index (κ3) is 2.55. The summed E-state index contributed by atoms with van der Waals surface area (Å²) in [5, 5.41) is 4.35. The van der Waals surface area contributed by atoms with E-state index in [0.29, 0.717) is 13.0 Å². The van der Waals surface area contributed by atoms with E-state index in [1.807, 2.05) is 30.5 Å². The second-order valence-corrected chi connectivity index (χ2v) is 6.13. The van der Waals surface area contributed by atoms with Crippen molar-refractivity contribution in [3.05, 3.63) is 41.1 Å². The quantitative estimate of drug-likeness (QED) is 0.855. The van der Waals surface area contributed by atoms with Gasteiger partial charge in [-0.1, -0.05) is 0 Å². The lowest BCUT2D eigenvalue weighted by atomic mass is 10.2. The number of nitrogens with zero attached hydrogens (tertiary/aromatic N) is 3. The number of amides is 1. The smallest absolute Gasteiger partial charge is 0.228 e. The molecule has 6 heteroatoms. The van der Waals surface area contributed by atoms with Crippen LogP contribution < -0.4 is 4.90 Å². The van der Waals surface area contributed by atoms with Crippen LogP contribution in [0, 0.1) is 0 Å². The lowest BCUT2D eigenvalue weighted by Crippen LogP contribution is -2.24. The van der Waals surface area contributed by atoms with Gasteiger partial charge in [-0.05, 0) is 40.2 Å². The molecule has 0 spiro atoms. The molecule has 2 heterocycles. The van der Waals surface area contributed by atoms with Crippen LogP contribution in [0.4, 0.5) is 5.69 Å². The number of carbonyl (C=O) groups excluding carboxylic acids is 1. The summed E-state index contributed by atoms with van der Waals surface area (Å²) in [5.74, 6) is 0.134. The molecule has 0 saturated carbocycles. The van der Waals surface area contributed by atoms with Gasteiger partial charge in [-0.3, -0.25) is 4.79 Å². The van der Waals surface area contributed by atoms with Crippen LogP contribution in [-0.2, 0) is 4.79 Å². The van der Waals surface area contributed by atoms with Gasteiger partial charge in [0.1, 0.15) is 0 Å². The molecule has 0 radical (unpaired) electrons. The van der Waals surface area contributed by atoms with E-state index in [1.54, 1.807) is 15.8 Å². The van der Waals surface area contributed by atoms with Crippen LogP contribution in [0.3, 0.4) is 0 Å². The van der Waals surface area contributed by atoms with E-state index >= 15 is 0 Å². The van der Waals surface area contributed by atoms with E-state index in [4.69, 9.17) is 0 Å². The van der Waals surface area contributed by atoms with E-state index in [-0.39, 0.29) is 11.2 Å². The molecule has 1 unspecified atom stereocenters. The van der Waals surface area contributed by atoms with Crippen molar-refractivity contribution >= 4 is 40.2 Å². The summed E-state index contributed by atoms with van der Waals surface area (Å²) in [7, 11) is 0. The Morgan fingerprint density at radius 1 is 1.26 bits per heavy atom. The van der Waals surface area contributed by atoms with Gasteiger partial charge in [0.05, 0.1) is 16.4 Å². The van der Waals surface area contributed by atoms with Crippen LogP contribution in [0.1, 0.15) is 6.42 Å². The number of hydrogen-bond donors (Lipinski definition) is 1. The zero-order valence-corrected chi connectivity index (χ0v) is 12.5. The molecule has 1 aromatic carbocycles. The zero-order chi connectivity index (χ0) is 13.4. The van der Waals surface area contributed by atoms with E-state index in [9.17, 15) is 4.79 Å². The molecule has 3 rings (SSSR count). The van der Waals surface area contributed by atoms with Gasteiger partial charge in [0.15, 0.2) is 0 Å². The minimum absolute atomic E-state index is 0.134. The Morgan fingerprint density at radius 2 is 1.95 bits per heavy atom. The first kappa shape index (κ1) is 12.7. The fourth-order valence-corrected chi connectivity index (χ4v) is 2.77. The van der Waals surface area contributed by atoms with Gasteiger partial charge in [-0.25, -0.2) is 4.68 Å². The molecule has 1 atom stereocenters. The third-order valence-corrected chi connectivity index (χ3v) is 3.84. The first-order valence-electron chi connectivity index (χ1n) is 5.92. The summed E-state index contributed by atoms with van der Waals surface area (Å²) in [5.41, 5.74) is 1.88. The Labute approximate surface area is 124 Å². The van der Waals surface area contributed by atoms with Crippen LogP contribution in [0.25, 0.3) is 5.69 Å². The van der Waals surface area contributed by atoms with Gasteiger partial charge in [0, 0.05) is 30.1 Å². The van der Waals surface area contributed by atoms with Crippen LogP contribution in [0.5, 0.6) is 0 Å². The average molecular weight is 338 g/mol. The summed E-state index contributed by atoms with van der Waals surface area (Å²) in [6.07, 6.45) is 4.14. The lowest BCUT2D eigenvalue weighted by Gasteiger charge is -2.16. The van der Waals surface area contributed by atoms with E-state index in [2.05, 4.69) is 33.7 Å². The minimum atomic E-state index is 0.134. The zero-order valence-electron chi connectivity index (χ0n) is 10.0. The molecule has 0 bridgehead atoms. The molecule has 19 heavy (non-hydrogen) atoms. The predicted octanol–water partition coefficient (Wildman–Crippen LogP) is 2.67. The van der Waals surface area contributed by atoms with Gasteiger partial charge in [-0.2, -0.15) is 17.7 Å². The van der Waals surface area contributed by atoms with Crippen molar-refractivity contribution in [2.24, 2.45) is 0 Å². The molecule has 1 fully saturated rings. The average Bonchev–Trinajstić information content (AvgIpc) is 2.96. The Kier molecular flexibility index (Phi) is 3.36. The molecule has 1 amide bonds. The van der Waals surface area contributed by atoms with Crippen LogP contribution >= 0.6 is 28.6 Å². The normalized spacial score (nSPS) is 19.2. The second-order valence-electron chi connectivity index (χ2n) is 4.48. The van der Waals surface area contributed by atoms with E-state index in [0.717, 1.165) is 15.8 Å². The third-order valence-electron chi connectivity index (χ3n) is 3.08. The highest BCUT2D eigenvalue weighted by atomic mass is 79.9. The molecular weight excluding hydrogens is 326 g/mol. The first-order chi connectivity index (χ1) is 9.13. The summed E-state index contributed by atoms with van der Waals surface area (Å²) >= 11 is 7.73. The fraction of sp³-hybridized carbons (Fsp3) is 0.231. The Bertz CT molecular complexity index is 611. The van der Waals surface area contributed by atoms with Crippen molar-refractivity contribution in [1.29, 1.82) is 0 Å². The largest absolute Gasteiger partial charge is 0.311 e. The van der Waals surface area contributed by atoms with Crippen molar-refractivity contribution in [1.82, 2.24) is 9.78 Å². The monoisotopic (exact) mass is 337 g/mol. The highest BCUT2D eigenvalue weighted by molar-refractivity contribution is 9.10. The maximum absolute atomic E-state index is 11.8. The predicted molar refractivity (Wildman–Crippen MR) is 81.0 cm³/mol. The number of carbonyl (C=O) groups is 1. The molecule has 0 aliphatic carbocycles. The Hall–Kier alpha value is -1.27. The maximum atomic E-state index is 11.8. The summed E-state index contributed by atoms with van der Waals surface area (Å²) in [4.78, 5) is 13.6. The van der Waals surface area contributed by atoms with Gasteiger partial charge in [0.25, 0.3) is 0 Å². The summed E-state index contributed by atoms with van der Waals surface area (Å²) in [6, 6.07) is 7.78. The molecule has 1 aliphatic rings. The van der Waals surface area contributed by atoms with Crippen LogP contribution in [0.2, 0.25) is 0 Å². The van der Waals surface area contributed by atoms with Crippen molar-refractivity contribution in [3.8, 4) is 5.69 Å². The first-order valence-corrected chi connectivity index (χ1v) is 7.23. The molecular formula is C13H12BrN3OS. The maximum Gasteiger partial charge on any atom is 0.228 e. The molecule has 4 nitrogen and oxygen atoms in total. The number of benzene rings is 1. The molecule has 0 N–H and O–H groups in total. The van der Waals surface area contributed by atoms with E-state index < -0.39 is 0 Å². The Balaban J connectivity index is 1.85. The number of rotatable bonds is 2. The van der Waals surface area contributed by atoms with Crippen molar-refractivity contribution in [2.45, 2.75) is 11.7 Å². The van der Waals surface area contributed by atoms with Crippen LogP contribution in [-0.4, -0.2) is 27.5 Å². The Morgan fingerprint density at radius 3 is 2.47 bits per heavy atom. The summed E-state index contributed by atoms with van der Waals surface area (Å²) in [6.45, 7) is 0.675. The van der Waals surface area contributed by atoms with Crippen LogP contribution in [0.15, 0.2) is 41.1 Å². The second kappa shape index (κ2) is 5.02. The highest BCUT2D eigenvalue weighted by Gasteiger charge is 2.28. The molecule has 1 aromatic heterocycles. The van der Waals surface area contributed by atoms with Gasteiger partial charge < -0.3 is 4.90 Å². The van der Waals surface area contributed by atoms with Gasteiger partial charge in [0.2, 0.25) is 5.91 Å². The van der Waals surface area contributed by atoms with Crippen molar-refractivity contribution in [3.63, 3.8) is 0 Å². The molecule has 98 valence electrons. The number of anilines is 1. The van der Waals surface area contributed by atoms with Gasteiger partial charge in [-0.15, -0.1) is 0 Å². The number of aromatic nitrogens is 2. The minimum Gasteiger partial charge on any atom is -0.311 e. The van der Waals surface area contributed by atoms with Crippen molar-refractivity contribution < 1.29 is 4.79 Å². The molecule has 1 saturated heterocycles. The molecule has 2 aromatic rings. The summed E-state index contributed by atoms with van der Waals surface area (Å²) < 4.78 is 2.71. The number of thiol groups is 1. The molecule has 1 aliphatic heterocycles. The standard InChI is InChI=1S/C13H12BrN3OS/c14-9-6-15-17(7-9)11-3-1-10(2-4-11)16-8-12(19)5-13(16)18/h1-4,6-7,12,19H,5,8H2.